The van der Waals surface area contributed by atoms with E-state index in [9.17, 15) is 14.4 Å². The molecule has 0 spiro atoms. The Kier molecular flexibility index (Phi) is 8.26. The third-order valence-electron chi connectivity index (χ3n) is 6.65. The van der Waals surface area contributed by atoms with Gasteiger partial charge in [0.1, 0.15) is 17.7 Å². The van der Waals surface area contributed by atoms with E-state index in [1.165, 1.54) is 6.42 Å². The number of nitrogens with one attached hydrogen (secondary N) is 2. The molecule has 188 valence electrons. The van der Waals surface area contributed by atoms with Gasteiger partial charge in [0.05, 0.1) is 0 Å². The van der Waals surface area contributed by atoms with Gasteiger partial charge < -0.3 is 20.3 Å². The molecule has 7 heteroatoms. The lowest BCUT2D eigenvalue weighted by atomic mass is 9.94. The maximum atomic E-state index is 13.7. The highest BCUT2D eigenvalue weighted by Crippen LogP contribution is 2.41. The summed E-state index contributed by atoms with van der Waals surface area (Å²) in [5.74, 6) is -0.120. The van der Waals surface area contributed by atoms with Crippen LogP contribution in [0, 0.1) is 12.8 Å². The third-order valence-corrected chi connectivity index (χ3v) is 6.65. The van der Waals surface area contributed by atoms with Gasteiger partial charge in [0, 0.05) is 12.1 Å². The van der Waals surface area contributed by atoms with Gasteiger partial charge in [0.25, 0.3) is 0 Å². The van der Waals surface area contributed by atoms with Crippen molar-refractivity contribution in [2.45, 2.75) is 110 Å². The van der Waals surface area contributed by atoms with Crippen LogP contribution in [0.3, 0.4) is 0 Å². The van der Waals surface area contributed by atoms with Gasteiger partial charge in [-0.05, 0) is 65.4 Å². The van der Waals surface area contributed by atoms with Crippen molar-refractivity contribution in [3.05, 3.63) is 35.4 Å². The van der Waals surface area contributed by atoms with E-state index in [0.29, 0.717) is 5.92 Å². The Hall–Kier alpha value is -2.57. The number of carbonyl (C=O) groups excluding carboxylic acids is 3. The number of hydrogen-bond donors (Lipinski definition) is 2. The molecule has 1 aromatic carbocycles. The van der Waals surface area contributed by atoms with Crippen LogP contribution in [-0.4, -0.2) is 46.5 Å². The van der Waals surface area contributed by atoms with Crippen LogP contribution in [0.4, 0.5) is 4.79 Å². The Balaban J connectivity index is 1.87. The first-order valence-electron chi connectivity index (χ1n) is 12.6. The molecule has 0 radical (unpaired) electrons. The molecule has 4 unspecified atom stereocenters. The van der Waals surface area contributed by atoms with Crippen molar-refractivity contribution >= 4 is 17.9 Å². The second kappa shape index (κ2) is 10.8. The largest absolute Gasteiger partial charge is 0.444 e. The van der Waals surface area contributed by atoms with E-state index in [1.54, 1.807) is 32.6 Å². The fraction of sp³-hybridized carbons (Fsp3) is 0.667. The summed E-state index contributed by atoms with van der Waals surface area (Å²) in [6, 6.07) is 6.33. The van der Waals surface area contributed by atoms with Crippen LogP contribution < -0.4 is 10.6 Å². The molecule has 2 N–H and O–H groups in total. The first-order valence-corrected chi connectivity index (χ1v) is 12.6. The van der Waals surface area contributed by atoms with Crippen molar-refractivity contribution in [1.82, 2.24) is 15.5 Å². The summed E-state index contributed by atoms with van der Waals surface area (Å²) in [6.07, 6.45) is 5.55. The first-order chi connectivity index (χ1) is 16.0. The highest BCUT2D eigenvalue weighted by atomic mass is 16.6. The Bertz CT molecular complexity index is 871. The van der Waals surface area contributed by atoms with Crippen LogP contribution in [0.5, 0.6) is 0 Å². The van der Waals surface area contributed by atoms with Crippen molar-refractivity contribution in [3.63, 3.8) is 0 Å². The molecule has 0 bridgehead atoms. The Morgan fingerprint density at radius 1 is 1.06 bits per heavy atom. The van der Waals surface area contributed by atoms with E-state index >= 15 is 0 Å². The van der Waals surface area contributed by atoms with Crippen LogP contribution in [0.25, 0.3) is 0 Å². The Morgan fingerprint density at radius 2 is 1.65 bits per heavy atom. The highest BCUT2D eigenvalue weighted by Gasteiger charge is 2.47. The minimum Gasteiger partial charge on any atom is -0.444 e. The van der Waals surface area contributed by atoms with Crippen molar-refractivity contribution in [2.24, 2.45) is 5.92 Å². The molecular formula is C27H41N3O4. The fourth-order valence-electron chi connectivity index (χ4n) is 4.66. The number of hydrogen-bond acceptors (Lipinski definition) is 4. The van der Waals surface area contributed by atoms with E-state index in [0.717, 1.165) is 43.2 Å². The lowest BCUT2D eigenvalue weighted by Crippen LogP contribution is -2.54. The molecule has 0 saturated heterocycles. The number of rotatable bonds is 7. The van der Waals surface area contributed by atoms with Gasteiger partial charge >= 0.3 is 6.09 Å². The van der Waals surface area contributed by atoms with Crippen LogP contribution >= 0.6 is 0 Å². The summed E-state index contributed by atoms with van der Waals surface area (Å²) in [4.78, 5) is 41.5. The van der Waals surface area contributed by atoms with Crippen molar-refractivity contribution < 1.29 is 19.1 Å². The van der Waals surface area contributed by atoms with E-state index in [1.807, 2.05) is 31.2 Å². The van der Waals surface area contributed by atoms with Gasteiger partial charge in [-0.3, -0.25) is 9.59 Å². The topological polar surface area (TPSA) is 87.7 Å². The zero-order chi connectivity index (χ0) is 25.0. The van der Waals surface area contributed by atoms with Crippen LogP contribution in [0.2, 0.25) is 0 Å². The maximum Gasteiger partial charge on any atom is 0.408 e. The van der Waals surface area contributed by atoms with Gasteiger partial charge in [0.2, 0.25) is 11.8 Å². The molecule has 3 amide bonds. The van der Waals surface area contributed by atoms with Crippen LogP contribution in [-0.2, 0) is 14.3 Å². The molecule has 7 nitrogen and oxygen atoms in total. The Labute approximate surface area is 204 Å². The number of nitrogens with zero attached hydrogens (tertiary/aromatic N) is 1. The maximum absolute atomic E-state index is 13.7. The number of carbonyl (C=O) groups is 3. The second-order valence-electron chi connectivity index (χ2n) is 11.1. The summed E-state index contributed by atoms with van der Waals surface area (Å²) in [7, 11) is 0. The lowest BCUT2D eigenvalue weighted by Gasteiger charge is -2.35. The molecule has 0 heterocycles. The lowest BCUT2D eigenvalue weighted by molar-refractivity contribution is -0.143. The first kappa shape index (κ1) is 26.0. The van der Waals surface area contributed by atoms with E-state index in [-0.39, 0.29) is 23.9 Å². The molecule has 1 aromatic rings. The van der Waals surface area contributed by atoms with E-state index in [2.05, 4.69) is 17.6 Å². The van der Waals surface area contributed by atoms with Crippen molar-refractivity contribution in [2.75, 3.05) is 0 Å². The molecule has 2 saturated carbocycles. The predicted molar refractivity (Wildman–Crippen MR) is 132 cm³/mol. The monoisotopic (exact) mass is 471 g/mol. The van der Waals surface area contributed by atoms with Gasteiger partial charge in [-0.1, -0.05) is 56.0 Å². The average molecular weight is 472 g/mol. The predicted octanol–water partition coefficient (Wildman–Crippen LogP) is 4.64. The average Bonchev–Trinajstić information content (AvgIpc) is 3.47. The standard InChI is InChI=1S/C27H41N3O4/c1-17-12-14-20(15-13-17)23(24(31)29-21-10-8-7-9-11-21)30(22-16-18(22)2)25(32)19(3)28-26(33)34-27(4,5)6/h12-15,18-19,21-23H,7-11,16H2,1-6H3,(H,28,33)(H,29,31). The molecule has 2 fully saturated rings. The van der Waals surface area contributed by atoms with Gasteiger partial charge in [-0.2, -0.15) is 0 Å². The number of aryl methyl sites for hydroxylation is 1. The van der Waals surface area contributed by atoms with Gasteiger partial charge in [0.15, 0.2) is 0 Å². The number of benzene rings is 1. The molecule has 2 aliphatic carbocycles. The third kappa shape index (κ3) is 6.97. The molecule has 0 aromatic heterocycles. The number of ether oxygens (including phenoxy) is 1. The zero-order valence-corrected chi connectivity index (χ0v) is 21.5. The van der Waals surface area contributed by atoms with E-state index in [4.69, 9.17) is 4.74 Å². The van der Waals surface area contributed by atoms with Crippen molar-refractivity contribution in [3.8, 4) is 0 Å². The van der Waals surface area contributed by atoms with Crippen LogP contribution in [0.15, 0.2) is 24.3 Å². The van der Waals surface area contributed by atoms with E-state index < -0.39 is 23.8 Å². The molecule has 0 aliphatic heterocycles. The summed E-state index contributed by atoms with van der Waals surface area (Å²) < 4.78 is 5.34. The normalized spacial score (nSPS) is 22.3. The minimum atomic E-state index is -0.821. The minimum absolute atomic E-state index is 0.0428. The van der Waals surface area contributed by atoms with Gasteiger partial charge in [-0.15, -0.1) is 0 Å². The SMILES string of the molecule is Cc1ccc(C(C(=O)NC2CCCCC2)N(C(=O)C(C)NC(=O)OC(C)(C)C)C2CC2C)cc1. The molecule has 4 atom stereocenters. The molecule has 2 aliphatic rings. The molecule has 34 heavy (non-hydrogen) atoms. The quantitative estimate of drug-likeness (QED) is 0.607. The molecule has 3 rings (SSSR count). The fourth-order valence-corrected chi connectivity index (χ4v) is 4.66. The summed E-state index contributed by atoms with van der Waals surface area (Å²) in [5.41, 5.74) is 1.21. The van der Waals surface area contributed by atoms with Crippen LogP contribution in [0.1, 0.15) is 90.3 Å². The summed E-state index contributed by atoms with van der Waals surface area (Å²) >= 11 is 0. The Morgan fingerprint density at radius 3 is 2.18 bits per heavy atom. The number of amides is 3. The summed E-state index contributed by atoms with van der Waals surface area (Å²) in [6.45, 7) is 11.1. The summed E-state index contributed by atoms with van der Waals surface area (Å²) in [5, 5.41) is 5.90. The molecular weight excluding hydrogens is 430 g/mol. The van der Waals surface area contributed by atoms with Crippen molar-refractivity contribution in [1.29, 1.82) is 0 Å². The smallest absolute Gasteiger partial charge is 0.408 e. The van der Waals surface area contributed by atoms with Gasteiger partial charge in [-0.25, -0.2) is 4.79 Å². The second-order valence-corrected chi connectivity index (χ2v) is 11.1. The number of alkyl carbamates (subject to hydrolysis) is 1. The zero-order valence-electron chi connectivity index (χ0n) is 21.5. The highest BCUT2D eigenvalue weighted by molar-refractivity contribution is 5.92.